The molecule has 0 atom stereocenters. The third-order valence-electron chi connectivity index (χ3n) is 2.93. The van der Waals surface area contributed by atoms with Gasteiger partial charge in [-0.15, -0.1) is 0 Å². The Morgan fingerprint density at radius 3 is 2.22 bits per heavy atom. The average molecular weight is 354 g/mol. The zero-order valence-corrected chi connectivity index (χ0v) is 14.2. The van der Waals surface area contributed by atoms with Crippen molar-refractivity contribution >= 4 is 23.6 Å². The van der Waals surface area contributed by atoms with Crippen LogP contribution >= 0.6 is 0 Å². The summed E-state index contributed by atoms with van der Waals surface area (Å²) >= 11 is 0. The molecule has 1 N–H and O–H groups in total. The molecule has 0 amide bonds. The fourth-order valence-corrected chi connectivity index (χ4v) is 4.67. The highest BCUT2D eigenvalue weighted by Crippen LogP contribution is 2.22. The van der Waals surface area contributed by atoms with Crippen molar-refractivity contribution in [1.82, 2.24) is 0 Å². The van der Waals surface area contributed by atoms with Crippen LogP contribution in [0.15, 0.2) is 47.4 Å². The maximum atomic E-state index is 12.2. The maximum absolute atomic E-state index is 12.2. The van der Waals surface area contributed by atoms with Crippen LogP contribution in [0.1, 0.15) is 12.5 Å². The lowest BCUT2D eigenvalue weighted by Crippen LogP contribution is -2.23. The van der Waals surface area contributed by atoms with Gasteiger partial charge in [-0.25, -0.2) is 8.42 Å². The number of anilines is 1. The lowest BCUT2D eigenvalue weighted by atomic mass is 10.2. The Labute approximate surface area is 135 Å². The van der Waals surface area contributed by atoms with Gasteiger partial charge in [-0.05, 0) is 44.2 Å². The summed E-state index contributed by atoms with van der Waals surface area (Å²) in [4.78, 5) is -0.290. The standard InChI is InChI=1S/C15H16NO5S2/c1-3-21-14-8-6-13(7-9-14)16-23(19,20)22(17,18)15-10-4-12(2)5-11-15/h4-6,8-11,16H,3H2,1-2H3. The first-order chi connectivity index (χ1) is 10.8. The van der Waals surface area contributed by atoms with E-state index >= 15 is 0 Å². The molecule has 2 aromatic carbocycles. The van der Waals surface area contributed by atoms with Gasteiger partial charge in [0.1, 0.15) is 5.75 Å². The number of rotatable bonds is 6. The molecule has 8 heteroatoms. The van der Waals surface area contributed by atoms with Gasteiger partial charge in [0.15, 0.2) is 0 Å². The highest BCUT2D eigenvalue weighted by Gasteiger charge is 2.31. The van der Waals surface area contributed by atoms with E-state index < -0.39 is 17.9 Å². The summed E-state index contributed by atoms with van der Waals surface area (Å²) in [5, 5.41) is 0. The second-order valence-corrected chi connectivity index (χ2v) is 9.82. The predicted octanol–water partition coefficient (Wildman–Crippen LogP) is 2.32. The minimum absolute atomic E-state index is 0.0177. The van der Waals surface area contributed by atoms with Gasteiger partial charge in [0.2, 0.25) is 0 Å². The molecule has 0 fully saturated rings. The van der Waals surface area contributed by atoms with Crippen LogP contribution in [0, 0.1) is 13.0 Å². The van der Waals surface area contributed by atoms with E-state index in [4.69, 9.17) is 4.74 Å². The maximum Gasteiger partial charge on any atom is 0.343 e. The van der Waals surface area contributed by atoms with E-state index in [9.17, 15) is 16.8 Å². The van der Waals surface area contributed by atoms with Crippen molar-refractivity contribution in [3.63, 3.8) is 0 Å². The van der Waals surface area contributed by atoms with Gasteiger partial charge in [-0.1, -0.05) is 17.7 Å². The molecule has 23 heavy (non-hydrogen) atoms. The number of ether oxygens (including phenoxy) is 1. The number of hydrogen-bond acceptors (Lipinski definition) is 5. The van der Waals surface area contributed by atoms with Crippen molar-refractivity contribution in [3.8, 4) is 5.75 Å². The molecule has 6 nitrogen and oxygen atoms in total. The van der Waals surface area contributed by atoms with Crippen LogP contribution in [0.2, 0.25) is 0 Å². The van der Waals surface area contributed by atoms with Crippen molar-refractivity contribution in [3.05, 3.63) is 54.1 Å². The second-order valence-electron chi connectivity index (χ2n) is 4.69. The Morgan fingerprint density at radius 2 is 1.70 bits per heavy atom. The SMILES string of the molecule is CCOc1c[c]c(NS(=O)(=O)S(=O)(=O)c2ccc(C)cc2)cc1. The van der Waals surface area contributed by atoms with E-state index in [1.807, 2.05) is 11.6 Å². The third-order valence-corrected chi connectivity index (χ3v) is 7.39. The summed E-state index contributed by atoms with van der Waals surface area (Å²) in [6.45, 7) is 4.05. The van der Waals surface area contributed by atoms with Crippen molar-refractivity contribution < 1.29 is 21.6 Å². The van der Waals surface area contributed by atoms with Crippen LogP contribution in [0.4, 0.5) is 5.69 Å². The fourth-order valence-electron chi connectivity index (χ4n) is 1.75. The molecular formula is C15H16NO5S2. The van der Waals surface area contributed by atoms with Gasteiger partial charge >= 0.3 is 9.06 Å². The Morgan fingerprint density at radius 1 is 1.04 bits per heavy atom. The first-order valence-electron chi connectivity index (χ1n) is 6.75. The van der Waals surface area contributed by atoms with E-state index in [0.717, 1.165) is 5.56 Å². The molecule has 0 unspecified atom stereocenters. The molecule has 0 aromatic heterocycles. The van der Waals surface area contributed by atoms with Crippen LogP contribution in [-0.2, 0) is 17.9 Å². The minimum atomic E-state index is -4.65. The largest absolute Gasteiger partial charge is 0.494 e. The van der Waals surface area contributed by atoms with Crippen molar-refractivity contribution in [2.24, 2.45) is 0 Å². The van der Waals surface area contributed by atoms with E-state index in [0.29, 0.717) is 12.4 Å². The molecule has 0 bridgehead atoms. The zero-order chi connectivity index (χ0) is 17.1. The van der Waals surface area contributed by atoms with Gasteiger partial charge in [0.25, 0.3) is 8.87 Å². The normalized spacial score (nSPS) is 11.9. The van der Waals surface area contributed by atoms with Gasteiger partial charge in [0.05, 0.1) is 17.2 Å². The summed E-state index contributed by atoms with van der Waals surface area (Å²) in [6.07, 6.45) is 0. The van der Waals surface area contributed by atoms with E-state index in [1.165, 1.54) is 42.5 Å². The summed E-state index contributed by atoms with van der Waals surface area (Å²) in [5.41, 5.74) is 0.846. The van der Waals surface area contributed by atoms with Crippen molar-refractivity contribution in [1.29, 1.82) is 0 Å². The molecule has 0 aliphatic rings. The molecule has 2 rings (SSSR count). The summed E-state index contributed by atoms with van der Waals surface area (Å²) in [7, 11) is -9.22. The highest BCUT2D eigenvalue weighted by atomic mass is 33.2. The third kappa shape index (κ3) is 3.83. The number of hydrogen-bond donors (Lipinski definition) is 1. The number of aryl methyl sites for hydroxylation is 1. The molecule has 0 spiro atoms. The van der Waals surface area contributed by atoms with Crippen molar-refractivity contribution in [2.45, 2.75) is 18.7 Å². The fraction of sp³-hybridized carbons (Fsp3) is 0.200. The highest BCUT2D eigenvalue weighted by molar-refractivity contribution is 8.67. The first kappa shape index (κ1) is 17.3. The topological polar surface area (TPSA) is 89.5 Å². The molecule has 1 radical (unpaired) electrons. The van der Waals surface area contributed by atoms with Crippen LogP contribution in [0.5, 0.6) is 5.75 Å². The van der Waals surface area contributed by atoms with Crippen LogP contribution in [-0.4, -0.2) is 23.4 Å². The molecular weight excluding hydrogens is 338 g/mol. The summed E-state index contributed by atoms with van der Waals surface area (Å²) in [5.74, 6) is 0.511. The van der Waals surface area contributed by atoms with Crippen molar-refractivity contribution in [2.75, 3.05) is 11.3 Å². The van der Waals surface area contributed by atoms with Gasteiger partial charge in [-0.2, -0.15) is 8.42 Å². The summed E-state index contributed by atoms with van der Waals surface area (Å²) < 4.78 is 56.1. The average Bonchev–Trinajstić information content (AvgIpc) is 2.49. The molecule has 2 aromatic rings. The second kappa shape index (κ2) is 6.59. The molecule has 123 valence electrons. The van der Waals surface area contributed by atoms with Gasteiger partial charge in [-0.3, -0.25) is 4.72 Å². The Kier molecular flexibility index (Phi) is 4.96. The van der Waals surface area contributed by atoms with E-state index in [2.05, 4.69) is 6.07 Å². The Bertz CT molecular complexity index is 870. The summed E-state index contributed by atoms with van der Waals surface area (Å²) in [6, 6.07) is 12.5. The Hall–Kier alpha value is -2.06. The van der Waals surface area contributed by atoms with Crippen LogP contribution in [0.25, 0.3) is 0 Å². The zero-order valence-electron chi connectivity index (χ0n) is 12.6. The lowest BCUT2D eigenvalue weighted by Gasteiger charge is -2.10. The quantitative estimate of drug-likeness (QED) is 0.804. The van der Waals surface area contributed by atoms with Gasteiger partial charge in [0, 0.05) is 6.07 Å². The van der Waals surface area contributed by atoms with Crippen LogP contribution in [0.3, 0.4) is 0 Å². The molecule has 0 heterocycles. The smallest absolute Gasteiger partial charge is 0.343 e. The van der Waals surface area contributed by atoms with E-state index in [-0.39, 0.29) is 10.6 Å². The Balaban J connectivity index is 2.28. The van der Waals surface area contributed by atoms with E-state index in [1.54, 1.807) is 6.92 Å². The molecule has 0 saturated heterocycles. The lowest BCUT2D eigenvalue weighted by molar-refractivity contribution is 0.340. The monoisotopic (exact) mass is 354 g/mol. The first-order valence-corrected chi connectivity index (χ1v) is 10.2. The molecule has 0 aliphatic carbocycles. The number of nitrogens with one attached hydrogen (secondary N) is 1. The minimum Gasteiger partial charge on any atom is -0.494 e. The number of benzene rings is 2. The predicted molar refractivity (Wildman–Crippen MR) is 87.4 cm³/mol. The molecule has 0 aliphatic heterocycles. The molecule has 0 saturated carbocycles. The van der Waals surface area contributed by atoms with Crippen LogP contribution < -0.4 is 9.46 Å². The van der Waals surface area contributed by atoms with Gasteiger partial charge < -0.3 is 4.74 Å².